The molecule has 0 saturated heterocycles. The molecule has 2 N–H and O–H groups in total. The van der Waals surface area contributed by atoms with E-state index >= 15 is 0 Å². The van der Waals surface area contributed by atoms with E-state index in [9.17, 15) is 4.79 Å². The van der Waals surface area contributed by atoms with Gasteiger partial charge in [-0.15, -0.1) is 0 Å². The van der Waals surface area contributed by atoms with Crippen LogP contribution >= 0.6 is 0 Å². The van der Waals surface area contributed by atoms with Crippen LogP contribution in [0.1, 0.15) is 22.8 Å². The van der Waals surface area contributed by atoms with Crippen molar-refractivity contribution in [3.05, 3.63) is 59.7 Å². The van der Waals surface area contributed by atoms with Crippen molar-refractivity contribution in [2.45, 2.75) is 19.5 Å². The molecule has 5 heteroatoms. The number of carbonyl (C=O) groups excluding carboxylic acids is 1. The lowest BCUT2D eigenvalue weighted by atomic mass is 10.1. The lowest BCUT2D eigenvalue weighted by Crippen LogP contribution is -2.39. The summed E-state index contributed by atoms with van der Waals surface area (Å²) in [5.74, 6) is 1.03. The van der Waals surface area contributed by atoms with Crippen LogP contribution in [-0.4, -0.2) is 32.7 Å². The van der Waals surface area contributed by atoms with Gasteiger partial charge in [-0.2, -0.15) is 0 Å². The van der Waals surface area contributed by atoms with Crippen molar-refractivity contribution in [3.8, 4) is 11.5 Å². The zero-order chi connectivity index (χ0) is 17.4. The van der Waals surface area contributed by atoms with Gasteiger partial charge in [0, 0.05) is 30.8 Å². The van der Waals surface area contributed by atoms with Crippen molar-refractivity contribution in [3.63, 3.8) is 0 Å². The van der Waals surface area contributed by atoms with Gasteiger partial charge in [-0.25, -0.2) is 0 Å². The third kappa shape index (κ3) is 5.28. The number of hydrogen-bond acceptors (Lipinski definition) is 4. The summed E-state index contributed by atoms with van der Waals surface area (Å²) in [5.41, 5.74) is 1.73. The molecule has 2 rings (SSSR count). The van der Waals surface area contributed by atoms with Gasteiger partial charge < -0.3 is 20.1 Å². The number of ether oxygens (including phenoxy) is 2. The maximum Gasteiger partial charge on any atom is 0.251 e. The van der Waals surface area contributed by atoms with Crippen molar-refractivity contribution in [2.24, 2.45) is 0 Å². The largest absolute Gasteiger partial charge is 0.497 e. The summed E-state index contributed by atoms with van der Waals surface area (Å²) in [7, 11) is 3.12. The average Bonchev–Trinajstić information content (AvgIpc) is 2.62. The van der Waals surface area contributed by atoms with Gasteiger partial charge in [-0.05, 0) is 24.6 Å². The highest BCUT2D eigenvalue weighted by Gasteiger charge is 2.12. The van der Waals surface area contributed by atoms with Crippen LogP contribution in [0, 0.1) is 0 Å². The molecule has 0 aliphatic carbocycles. The number of carbonyl (C=O) groups is 1. The summed E-state index contributed by atoms with van der Waals surface area (Å²) >= 11 is 0. The van der Waals surface area contributed by atoms with Gasteiger partial charge in [0.2, 0.25) is 0 Å². The fourth-order valence-electron chi connectivity index (χ4n) is 2.33. The molecule has 2 aromatic rings. The van der Waals surface area contributed by atoms with E-state index in [1.54, 1.807) is 32.4 Å². The molecule has 0 aromatic heterocycles. The number of amides is 1. The fraction of sp³-hybridized carbons (Fsp3) is 0.316. The molecule has 24 heavy (non-hydrogen) atoms. The van der Waals surface area contributed by atoms with Gasteiger partial charge in [-0.1, -0.05) is 30.3 Å². The molecular formula is C19H24N2O3. The Hall–Kier alpha value is -2.53. The van der Waals surface area contributed by atoms with E-state index in [-0.39, 0.29) is 11.9 Å². The van der Waals surface area contributed by atoms with Crippen LogP contribution in [0.25, 0.3) is 0 Å². The van der Waals surface area contributed by atoms with Crippen LogP contribution < -0.4 is 20.1 Å². The molecule has 0 fully saturated rings. The van der Waals surface area contributed by atoms with E-state index in [1.807, 2.05) is 25.1 Å². The molecule has 5 nitrogen and oxygen atoms in total. The summed E-state index contributed by atoms with van der Waals surface area (Å²) < 4.78 is 10.4. The molecule has 0 heterocycles. The first kappa shape index (κ1) is 17.8. The quantitative estimate of drug-likeness (QED) is 0.782. The molecule has 0 bridgehead atoms. The van der Waals surface area contributed by atoms with Crippen LogP contribution in [0.3, 0.4) is 0 Å². The Bertz CT molecular complexity index is 637. The average molecular weight is 328 g/mol. The predicted octanol–water partition coefficient (Wildman–Crippen LogP) is 2.61. The van der Waals surface area contributed by atoms with Crippen molar-refractivity contribution in [1.82, 2.24) is 10.6 Å². The highest BCUT2D eigenvalue weighted by Crippen LogP contribution is 2.22. The first-order valence-electron chi connectivity index (χ1n) is 7.91. The Morgan fingerprint density at radius 1 is 1.04 bits per heavy atom. The molecule has 0 aliphatic heterocycles. The number of hydrogen-bond donors (Lipinski definition) is 2. The Balaban J connectivity index is 1.87. The summed E-state index contributed by atoms with van der Waals surface area (Å²) in [6.45, 7) is 3.42. The van der Waals surface area contributed by atoms with Crippen LogP contribution in [-0.2, 0) is 6.54 Å². The van der Waals surface area contributed by atoms with E-state index in [0.29, 0.717) is 23.6 Å². The van der Waals surface area contributed by atoms with Gasteiger partial charge >= 0.3 is 0 Å². The Labute approximate surface area is 143 Å². The van der Waals surface area contributed by atoms with Gasteiger partial charge in [0.05, 0.1) is 14.2 Å². The lowest BCUT2D eigenvalue weighted by Gasteiger charge is -2.16. The van der Waals surface area contributed by atoms with Gasteiger partial charge in [0.1, 0.15) is 11.5 Å². The minimum Gasteiger partial charge on any atom is -0.497 e. The third-order valence-electron chi connectivity index (χ3n) is 3.61. The first-order chi connectivity index (χ1) is 11.6. The summed E-state index contributed by atoms with van der Waals surface area (Å²) in [4.78, 5) is 12.4. The summed E-state index contributed by atoms with van der Waals surface area (Å²) in [6.07, 6.45) is 0. The van der Waals surface area contributed by atoms with Crippen molar-refractivity contribution in [2.75, 3.05) is 20.8 Å². The molecule has 0 aliphatic rings. The van der Waals surface area contributed by atoms with Crippen molar-refractivity contribution >= 4 is 5.91 Å². The maximum atomic E-state index is 12.4. The number of methoxy groups -OCH3 is 2. The molecular weight excluding hydrogens is 304 g/mol. The van der Waals surface area contributed by atoms with Crippen LogP contribution in [0.2, 0.25) is 0 Å². The number of rotatable bonds is 8. The van der Waals surface area contributed by atoms with Crippen LogP contribution in [0.5, 0.6) is 11.5 Å². The van der Waals surface area contributed by atoms with Gasteiger partial charge in [0.15, 0.2) is 0 Å². The molecule has 1 unspecified atom stereocenters. The number of benzene rings is 2. The second-order valence-corrected chi connectivity index (χ2v) is 5.59. The zero-order valence-electron chi connectivity index (χ0n) is 14.3. The standard InChI is InChI=1S/C19H24N2O3/c1-14(12-20-13-15-7-5-4-6-8-15)21-19(22)16-9-17(23-2)11-18(10-16)24-3/h4-11,14,20H,12-13H2,1-3H3,(H,21,22). The molecule has 1 atom stereocenters. The number of nitrogens with one attached hydrogen (secondary N) is 2. The van der Waals surface area contributed by atoms with E-state index < -0.39 is 0 Å². The second-order valence-electron chi connectivity index (χ2n) is 5.59. The normalized spacial score (nSPS) is 11.6. The lowest BCUT2D eigenvalue weighted by molar-refractivity contribution is 0.0939. The van der Waals surface area contributed by atoms with E-state index in [4.69, 9.17) is 9.47 Å². The Kier molecular flexibility index (Phi) is 6.63. The maximum absolute atomic E-state index is 12.4. The van der Waals surface area contributed by atoms with Crippen molar-refractivity contribution in [1.29, 1.82) is 0 Å². The predicted molar refractivity (Wildman–Crippen MR) is 94.6 cm³/mol. The summed E-state index contributed by atoms with van der Waals surface area (Å²) in [6, 6.07) is 15.3. The molecule has 0 saturated carbocycles. The van der Waals surface area contributed by atoms with E-state index in [2.05, 4.69) is 22.8 Å². The Morgan fingerprint density at radius 3 is 2.25 bits per heavy atom. The molecule has 2 aromatic carbocycles. The minimum absolute atomic E-state index is 0.00147. The fourth-order valence-corrected chi connectivity index (χ4v) is 2.33. The topological polar surface area (TPSA) is 59.6 Å². The third-order valence-corrected chi connectivity index (χ3v) is 3.61. The van der Waals surface area contributed by atoms with Crippen LogP contribution in [0.4, 0.5) is 0 Å². The molecule has 1 amide bonds. The monoisotopic (exact) mass is 328 g/mol. The first-order valence-corrected chi connectivity index (χ1v) is 7.91. The molecule has 128 valence electrons. The van der Waals surface area contributed by atoms with E-state index in [0.717, 1.165) is 6.54 Å². The zero-order valence-corrected chi connectivity index (χ0v) is 14.3. The molecule has 0 spiro atoms. The minimum atomic E-state index is -0.152. The smallest absolute Gasteiger partial charge is 0.251 e. The van der Waals surface area contributed by atoms with Crippen molar-refractivity contribution < 1.29 is 14.3 Å². The SMILES string of the molecule is COc1cc(OC)cc(C(=O)NC(C)CNCc2ccccc2)c1. The molecule has 0 radical (unpaired) electrons. The summed E-state index contributed by atoms with van der Waals surface area (Å²) in [5, 5.41) is 6.31. The Morgan fingerprint density at radius 2 is 1.67 bits per heavy atom. The van der Waals surface area contributed by atoms with Gasteiger partial charge in [-0.3, -0.25) is 4.79 Å². The van der Waals surface area contributed by atoms with Gasteiger partial charge in [0.25, 0.3) is 5.91 Å². The van der Waals surface area contributed by atoms with E-state index in [1.165, 1.54) is 5.56 Å². The van der Waals surface area contributed by atoms with Crippen LogP contribution in [0.15, 0.2) is 48.5 Å². The highest BCUT2D eigenvalue weighted by atomic mass is 16.5. The second kappa shape index (κ2) is 8.93. The highest BCUT2D eigenvalue weighted by molar-refractivity contribution is 5.95.